The number of anilines is 2. The fraction of sp³-hybridized carbons (Fsp3) is 0.333. The molecule has 1 saturated heterocycles. The Kier molecular flexibility index (Phi) is 9.89. The van der Waals surface area contributed by atoms with Gasteiger partial charge in [0.1, 0.15) is 22.7 Å². The Morgan fingerprint density at radius 3 is 2.33 bits per heavy atom. The molecule has 5 aromatic rings. The van der Waals surface area contributed by atoms with Crippen LogP contribution < -0.4 is 20.1 Å². The highest BCUT2D eigenvalue weighted by molar-refractivity contribution is 6.16. The minimum absolute atomic E-state index is 0.0984. The summed E-state index contributed by atoms with van der Waals surface area (Å²) in [5.41, 5.74) is 6.92. The monoisotopic (exact) mass is 710 g/mol. The second kappa shape index (κ2) is 14.7. The van der Waals surface area contributed by atoms with Gasteiger partial charge in [-0.3, -0.25) is 14.5 Å². The molecule has 0 bridgehead atoms. The maximum atomic E-state index is 16.0. The molecular formula is C39H40F2N6O5. The number of amides is 2. The molecule has 3 aromatic carbocycles. The van der Waals surface area contributed by atoms with Crippen LogP contribution in [0.15, 0.2) is 79.0 Å². The average molecular weight is 711 g/mol. The number of halogens is 2. The first-order valence-electron chi connectivity index (χ1n) is 17.4. The van der Waals surface area contributed by atoms with Gasteiger partial charge in [-0.05, 0) is 105 Å². The number of likely N-dealkylation sites (tertiary alicyclic amines) is 1. The molecule has 0 spiro atoms. The van der Waals surface area contributed by atoms with E-state index in [1.807, 2.05) is 28.9 Å². The first kappa shape index (κ1) is 35.0. The predicted molar refractivity (Wildman–Crippen MR) is 190 cm³/mol. The molecule has 1 saturated carbocycles. The van der Waals surface area contributed by atoms with Crippen molar-refractivity contribution in [1.29, 1.82) is 0 Å². The molecule has 0 unspecified atom stereocenters. The van der Waals surface area contributed by atoms with Gasteiger partial charge in [0.15, 0.2) is 17.2 Å². The Balaban J connectivity index is 1.21. The molecule has 2 aliphatic rings. The summed E-state index contributed by atoms with van der Waals surface area (Å²) in [5, 5.41) is 15.2. The van der Waals surface area contributed by atoms with Gasteiger partial charge in [-0.1, -0.05) is 12.1 Å². The minimum atomic E-state index is -1.40. The maximum Gasteiger partial charge on any atom is 0.247 e. The number of piperidine rings is 1. The van der Waals surface area contributed by atoms with Crippen molar-refractivity contribution in [2.24, 2.45) is 17.1 Å². The fourth-order valence-electron chi connectivity index (χ4n) is 6.78. The van der Waals surface area contributed by atoms with E-state index in [2.05, 4.69) is 9.88 Å². The van der Waals surface area contributed by atoms with E-state index in [1.54, 1.807) is 19.4 Å². The van der Waals surface area contributed by atoms with Crippen LogP contribution in [-0.4, -0.2) is 69.9 Å². The van der Waals surface area contributed by atoms with Crippen LogP contribution in [0.2, 0.25) is 0 Å². The van der Waals surface area contributed by atoms with E-state index < -0.39 is 28.9 Å². The Morgan fingerprint density at radius 2 is 1.69 bits per heavy atom. The molecule has 13 heteroatoms. The van der Waals surface area contributed by atoms with Crippen LogP contribution in [0.4, 0.5) is 20.2 Å². The lowest BCUT2D eigenvalue weighted by atomic mass is 9.98. The molecule has 0 radical (unpaired) electrons. The van der Waals surface area contributed by atoms with Crippen molar-refractivity contribution in [2.45, 2.75) is 38.6 Å². The standard InChI is InChI=1S/C39H40F2N6O5/c1-51-30-9-2-25(3-10-30)23-46-36-35(32(44-46)15-21-45-19-13-26(24-48)14-20-45)34(12-18-43-36)52-33-11-8-29(22-31(33)41)47(28-6-4-27(40)5-7-28)38(50)39(16-17-39)37(42)49/h2-12,18,22,26,48H,13-17,19-21,23-24H2,1H3,(H2,42,49). The number of aromatic nitrogens is 3. The lowest BCUT2D eigenvalue weighted by Gasteiger charge is -2.30. The Morgan fingerprint density at radius 1 is 0.981 bits per heavy atom. The zero-order valence-corrected chi connectivity index (χ0v) is 28.8. The van der Waals surface area contributed by atoms with Crippen molar-refractivity contribution in [3.05, 3.63) is 102 Å². The third-order valence-corrected chi connectivity index (χ3v) is 10.1. The summed E-state index contributed by atoms with van der Waals surface area (Å²) in [5.74, 6) is -1.30. The smallest absolute Gasteiger partial charge is 0.247 e. The van der Waals surface area contributed by atoms with Crippen LogP contribution in [0, 0.1) is 23.0 Å². The summed E-state index contributed by atoms with van der Waals surface area (Å²) in [4.78, 5) is 34.2. The number of hydrogen-bond acceptors (Lipinski definition) is 8. The molecule has 1 aliphatic carbocycles. The summed E-state index contributed by atoms with van der Waals surface area (Å²) >= 11 is 0. The van der Waals surface area contributed by atoms with Gasteiger partial charge in [0, 0.05) is 37.5 Å². The topological polar surface area (TPSA) is 136 Å². The molecule has 1 aliphatic heterocycles. The number of aliphatic hydroxyl groups excluding tert-OH is 1. The number of fused-ring (bicyclic) bond motifs is 1. The number of carbonyl (C=O) groups excluding carboxylic acids is 2. The molecule has 3 N–H and O–H groups in total. The molecule has 2 aromatic heterocycles. The normalized spacial score (nSPS) is 15.8. The third-order valence-electron chi connectivity index (χ3n) is 10.1. The number of benzene rings is 3. The van der Waals surface area contributed by atoms with E-state index in [-0.39, 0.29) is 36.6 Å². The highest BCUT2D eigenvalue weighted by atomic mass is 19.1. The minimum Gasteiger partial charge on any atom is -0.497 e. The predicted octanol–water partition coefficient (Wildman–Crippen LogP) is 5.74. The summed E-state index contributed by atoms with van der Waals surface area (Å²) in [6, 6.07) is 18.6. The van der Waals surface area contributed by atoms with E-state index >= 15 is 4.39 Å². The number of ether oxygens (including phenoxy) is 2. The summed E-state index contributed by atoms with van der Waals surface area (Å²) in [6.07, 6.45) is 4.60. The zero-order valence-electron chi connectivity index (χ0n) is 28.8. The lowest BCUT2D eigenvalue weighted by Crippen LogP contribution is -2.41. The summed E-state index contributed by atoms with van der Waals surface area (Å²) in [6.45, 7) is 3.14. The van der Waals surface area contributed by atoms with Gasteiger partial charge < -0.3 is 25.2 Å². The number of hydrogen-bond donors (Lipinski definition) is 2. The largest absolute Gasteiger partial charge is 0.497 e. The number of rotatable bonds is 13. The van der Waals surface area contributed by atoms with Gasteiger partial charge in [-0.25, -0.2) is 18.4 Å². The zero-order chi connectivity index (χ0) is 36.4. The van der Waals surface area contributed by atoms with Crippen LogP contribution in [0.3, 0.4) is 0 Å². The van der Waals surface area contributed by atoms with Gasteiger partial charge >= 0.3 is 0 Å². The number of carbonyl (C=O) groups is 2. The summed E-state index contributed by atoms with van der Waals surface area (Å²) < 4.78 is 43.2. The first-order valence-corrected chi connectivity index (χ1v) is 17.4. The van der Waals surface area contributed by atoms with Crippen LogP contribution >= 0.6 is 0 Å². The van der Waals surface area contributed by atoms with Gasteiger partial charge in [-0.15, -0.1) is 0 Å². The van der Waals surface area contributed by atoms with Gasteiger partial charge in [-0.2, -0.15) is 5.10 Å². The van der Waals surface area contributed by atoms with E-state index in [4.69, 9.17) is 20.3 Å². The molecule has 2 fully saturated rings. The van der Waals surface area contributed by atoms with Crippen molar-refractivity contribution >= 4 is 34.2 Å². The SMILES string of the molecule is COc1ccc(Cn2nc(CCN3CCC(CO)CC3)c3c(Oc4ccc(N(C(=O)C5(C(N)=O)CC5)c5ccc(F)cc5)cc4F)ccnc32)cc1. The first-order chi connectivity index (χ1) is 25.2. The lowest BCUT2D eigenvalue weighted by molar-refractivity contribution is -0.133. The Bertz CT molecular complexity index is 2080. The van der Waals surface area contributed by atoms with Gasteiger partial charge in [0.25, 0.3) is 0 Å². The Hall–Kier alpha value is -5.40. The molecule has 11 nitrogen and oxygen atoms in total. The quantitative estimate of drug-likeness (QED) is 0.148. The van der Waals surface area contributed by atoms with E-state index in [0.29, 0.717) is 35.7 Å². The van der Waals surface area contributed by atoms with Crippen molar-refractivity contribution in [3.63, 3.8) is 0 Å². The average Bonchev–Trinajstić information content (AvgIpc) is 3.91. The van der Waals surface area contributed by atoms with Crippen LogP contribution in [0.5, 0.6) is 17.2 Å². The third kappa shape index (κ3) is 7.06. The van der Waals surface area contributed by atoms with Crippen LogP contribution in [0.25, 0.3) is 11.0 Å². The van der Waals surface area contributed by atoms with Crippen molar-refractivity contribution in [2.75, 3.05) is 38.3 Å². The molecule has 2 amide bonds. The van der Waals surface area contributed by atoms with Crippen molar-refractivity contribution in [3.8, 4) is 17.2 Å². The number of nitrogens with two attached hydrogens (primary N) is 1. The molecular weight excluding hydrogens is 670 g/mol. The highest BCUT2D eigenvalue weighted by Gasteiger charge is 2.57. The van der Waals surface area contributed by atoms with Crippen LogP contribution in [-0.2, 0) is 22.6 Å². The Labute approximate surface area is 299 Å². The van der Waals surface area contributed by atoms with E-state index in [0.717, 1.165) is 55.5 Å². The second-order valence-corrected chi connectivity index (χ2v) is 13.5. The van der Waals surface area contributed by atoms with Crippen molar-refractivity contribution < 1.29 is 33.0 Å². The number of aliphatic hydroxyl groups is 1. The molecule has 7 rings (SSSR count). The van der Waals surface area contributed by atoms with Gasteiger partial charge in [0.2, 0.25) is 11.8 Å². The van der Waals surface area contributed by atoms with Gasteiger partial charge in [0.05, 0.1) is 30.4 Å². The van der Waals surface area contributed by atoms with Crippen molar-refractivity contribution in [1.82, 2.24) is 19.7 Å². The number of primary amides is 1. The molecule has 3 heterocycles. The maximum absolute atomic E-state index is 16.0. The second-order valence-electron chi connectivity index (χ2n) is 13.5. The van der Waals surface area contributed by atoms with E-state index in [1.165, 1.54) is 41.3 Å². The number of nitrogens with zero attached hydrogens (tertiary/aromatic N) is 5. The fourth-order valence-corrected chi connectivity index (χ4v) is 6.78. The summed E-state index contributed by atoms with van der Waals surface area (Å²) in [7, 11) is 1.62. The molecule has 52 heavy (non-hydrogen) atoms. The van der Waals surface area contributed by atoms with Crippen LogP contribution in [0.1, 0.15) is 36.9 Å². The molecule has 270 valence electrons. The highest BCUT2D eigenvalue weighted by Crippen LogP contribution is 2.49. The number of pyridine rings is 1. The molecule has 0 atom stereocenters. The number of methoxy groups -OCH3 is 1. The van der Waals surface area contributed by atoms with E-state index in [9.17, 15) is 19.1 Å².